The van der Waals surface area contributed by atoms with Gasteiger partial charge in [-0.05, 0) is 18.4 Å². The number of carbonyl (C=O) groups is 1. The highest BCUT2D eigenvalue weighted by molar-refractivity contribution is 5.72. The summed E-state index contributed by atoms with van der Waals surface area (Å²) in [5, 5.41) is 0. The number of carbonyl (C=O) groups excluding carboxylic acids is 1. The Hall–Kier alpha value is -1.31. The van der Waals surface area contributed by atoms with Gasteiger partial charge in [0, 0.05) is 0 Å². The van der Waals surface area contributed by atoms with Gasteiger partial charge in [-0.15, -0.1) is 0 Å². The van der Waals surface area contributed by atoms with Crippen LogP contribution in [0.25, 0.3) is 0 Å². The number of ether oxygens (including phenoxy) is 1. The van der Waals surface area contributed by atoms with Crippen molar-refractivity contribution in [2.75, 3.05) is 6.61 Å². The van der Waals surface area contributed by atoms with Gasteiger partial charge in [-0.25, -0.2) is 0 Å². The second-order valence-corrected chi connectivity index (χ2v) is 5.53. The molecule has 1 unspecified atom stereocenters. The van der Waals surface area contributed by atoms with E-state index in [1.165, 1.54) is 37.7 Å². The Morgan fingerprint density at radius 2 is 1.70 bits per heavy atom. The summed E-state index contributed by atoms with van der Waals surface area (Å²) in [4.78, 5) is 11.9. The molecule has 0 aliphatic heterocycles. The molecule has 1 atom stereocenters. The van der Waals surface area contributed by atoms with Gasteiger partial charge in [0.05, 0.1) is 12.5 Å². The minimum atomic E-state index is -0.0672. The summed E-state index contributed by atoms with van der Waals surface area (Å²) in [7, 11) is 0. The number of hydrogen-bond acceptors (Lipinski definition) is 2. The number of rotatable bonds is 10. The van der Waals surface area contributed by atoms with Crippen molar-refractivity contribution in [3.8, 4) is 0 Å². The highest BCUT2D eigenvalue weighted by Crippen LogP contribution is 2.11. The van der Waals surface area contributed by atoms with Crippen LogP contribution in [-0.2, 0) is 16.0 Å². The van der Waals surface area contributed by atoms with E-state index in [-0.39, 0.29) is 11.9 Å². The smallest absolute Gasteiger partial charge is 0.308 e. The third kappa shape index (κ3) is 7.32. The molecule has 0 amide bonds. The van der Waals surface area contributed by atoms with Gasteiger partial charge in [0.15, 0.2) is 0 Å². The van der Waals surface area contributed by atoms with Gasteiger partial charge in [-0.2, -0.15) is 0 Å². The minimum absolute atomic E-state index is 0.0579. The molecule has 1 rings (SSSR count). The van der Waals surface area contributed by atoms with Crippen LogP contribution >= 0.6 is 0 Å². The van der Waals surface area contributed by atoms with Crippen molar-refractivity contribution < 1.29 is 9.53 Å². The minimum Gasteiger partial charge on any atom is -0.465 e. The first-order chi connectivity index (χ1) is 9.74. The van der Waals surface area contributed by atoms with Crippen molar-refractivity contribution in [2.45, 2.75) is 58.8 Å². The first kappa shape index (κ1) is 16.7. The van der Waals surface area contributed by atoms with E-state index in [0.29, 0.717) is 6.61 Å². The summed E-state index contributed by atoms with van der Waals surface area (Å²) in [6.45, 7) is 4.73. The van der Waals surface area contributed by atoms with E-state index in [9.17, 15) is 4.79 Å². The molecule has 2 heteroatoms. The van der Waals surface area contributed by atoms with Gasteiger partial charge in [0.1, 0.15) is 0 Å². The Morgan fingerprint density at radius 1 is 1.05 bits per heavy atom. The molecule has 0 saturated heterocycles. The van der Waals surface area contributed by atoms with E-state index in [1.807, 2.05) is 25.1 Å². The molecular formula is C18H28O2. The van der Waals surface area contributed by atoms with E-state index in [2.05, 4.69) is 19.1 Å². The Balaban J connectivity index is 2.10. The van der Waals surface area contributed by atoms with Gasteiger partial charge >= 0.3 is 5.97 Å². The van der Waals surface area contributed by atoms with Crippen LogP contribution in [0.3, 0.4) is 0 Å². The van der Waals surface area contributed by atoms with Crippen molar-refractivity contribution in [3.05, 3.63) is 35.9 Å². The van der Waals surface area contributed by atoms with Crippen LogP contribution in [0.5, 0.6) is 0 Å². The molecule has 0 radical (unpaired) electrons. The Kier molecular flexibility index (Phi) is 8.77. The lowest BCUT2D eigenvalue weighted by atomic mass is 10.0. The van der Waals surface area contributed by atoms with E-state index in [4.69, 9.17) is 4.74 Å². The van der Waals surface area contributed by atoms with Crippen LogP contribution in [0.2, 0.25) is 0 Å². The lowest BCUT2D eigenvalue weighted by Crippen LogP contribution is -2.17. The summed E-state index contributed by atoms with van der Waals surface area (Å²) in [6, 6.07) is 10.1. The molecule has 0 N–H and O–H groups in total. The molecule has 0 saturated carbocycles. The van der Waals surface area contributed by atoms with Crippen molar-refractivity contribution in [1.29, 1.82) is 0 Å². The maximum Gasteiger partial charge on any atom is 0.308 e. The van der Waals surface area contributed by atoms with E-state index in [0.717, 1.165) is 12.8 Å². The second kappa shape index (κ2) is 10.5. The fourth-order valence-corrected chi connectivity index (χ4v) is 2.25. The average molecular weight is 276 g/mol. The number of benzene rings is 1. The normalized spacial score (nSPS) is 12.1. The van der Waals surface area contributed by atoms with Gasteiger partial charge in [-0.1, -0.05) is 76.3 Å². The van der Waals surface area contributed by atoms with Crippen LogP contribution in [0, 0.1) is 5.92 Å². The van der Waals surface area contributed by atoms with Crippen LogP contribution < -0.4 is 0 Å². The van der Waals surface area contributed by atoms with Gasteiger partial charge in [-0.3, -0.25) is 4.79 Å². The lowest BCUT2D eigenvalue weighted by molar-refractivity contribution is -0.148. The molecular weight excluding hydrogens is 248 g/mol. The molecule has 0 bridgehead atoms. The fourth-order valence-electron chi connectivity index (χ4n) is 2.25. The highest BCUT2D eigenvalue weighted by Gasteiger charge is 2.14. The standard InChI is InChI=1S/C18H28O2/c1-3-4-5-6-7-11-14-20-18(19)16(2)15-17-12-9-8-10-13-17/h8-10,12-13,16H,3-7,11,14-15H2,1-2H3. The molecule has 0 fully saturated rings. The maximum atomic E-state index is 11.9. The number of esters is 1. The zero-order valence-corrected chi connectivity index (χ0v) is 12.9. The van der Waals surface area contributed by atoms with Crippen molar-refractivity contribution in [2.24, 2.45) is 5.92 Å². The molecule has 0 aliphatic carbocycles. The van der Waals surface area contributed by atoms with Crippen LogP contribution in [-0.4, -0.2) is 12.6 Å². The second-order valence-electron chi connectivity index (χ2n) is 5.53. The Morgan fingerprint density at radius 3 is 2.40 bits per heavy atom. The maximum absolute atomic E-state index is 11.9. The van der Waals surface area contributed by atoms with Gasteiger partial charge in [0.2, 0.25) is 0 Å². The molecule has 2 nitrogen and oxygen atoms in total. The molecule has 0 spiro atoms. The Labute approximate surface area is 123 Å². The van der Waals surface area contributed by atoms with E-state index < -0.39 is 0 Å². The zero-order valence-electron chi connectivity index (χ0n) is 12.9. The van der Waals surface area contributed by atoms with Gasteiger partial charge < -0.3 is 4.74 Å². The van der Waals surface area contributed by atoms with Crippen molar-refractivity contribution in [3.63, 3.8) is 0 Å². The summed E-state index contributed by atoms with van der Waals surface area (Å²) in [5.41, 5.74) is 1.19. The molecule has 20 heavy (non-hydrogen) atoms. The number of unbranched alkanes of at least 4 members (excludes halogenated alkanes) is 5. The summed E-state index contributed by atoms with van der Waals surface area (Å²) in [5.74, 6) is -0.125. The largest absolute Gasteiger partial charge is 0.465 e. The van der Waals surface area contributed by atoms with Crippen molar-refractivity contribution >= 4 is 5.97 Å². The Bertz CT molecular complexity index is 359. The first-order valence-electron chi connectivity index (χ1n) is 7.94. The molecule has 0 aromatic heterocycles. The quantitative estimate of drug-likeness (QED) is 0.454. The summed E-state index contributed by atoms with van der Waals surface area (Å²) >= 11 is 0. The third-order valence-corrected chi connectivity index (χ3v) is 3.53. The lowest BCUT2D eigenvalue weighted by Gasteiger charge is -2.11. The summed E-state index contributed by atoms with van der Waals surface area (Å²) in [6.07, 6.45) is 8.06. The van der Waals surface area contributed by atoms with Crippen LogP contribution in [0.4, 0.5) is 0 Å². The molecule has 1 aromatic carbocycles. The molecule has 1 aromatic rings. The van der Waals surface area contributed by atoms with Crippen LogP contribution in [0.15, 0.2) is 30.3 Å². The van der Waals surface area contributed by atoms with E-state index >= 15 is 0 Å². The van der Waals surface area contributed by atoms with Gasteiger partial charge in [0.25, 0.3) is 0 Å². The topological polar surface area (TPSA) is 26.3 Å². The number of hydrogen-bond donors (Lipinski definition) is 0. The predicted molar refractivity (Wildman–Crippen MR) is 83.6 cm³/mol. The highest BCUT2D eigenvalue weighted by atomic mass is 16.5. The third-order valence-electron chi connectivity index (χ3n) is 3.53. The SMILES string of the molecule is CCCCCCCCOC(=O)C(C)Cc1ccccc1. The summed E-state index contributed by atoms with van der Waals surface area (Å²) < 4.78 is 5.34. The fraction of sp³-hybridized carbons (Fsp3) is 0.611. The molecule has 0 aliphatic rings. The van der Waals surface area contributed by atoms with Crippen molar-refractivity contribution in [1.82, 2.24) is 0 Å². The first-order valence-corrected chi connectivity index (χ1v) is 7.94. The molecule has 0 heterocycles. The zero-order chi connectivity index (χ0) is 14.6. The monoisotopic (exact) mass is 276 g/mol. The van der Waals surface area contributed by atoms with E-state index in [1.54, 1.807) is 0 Å². The van der Waals surface area contributed by atoms with Crippen LogP contribution in [0.1, 0.15) is 57.9 Å². The predicted octanol–water partition coefficient (Wildman–Crippen LogP) is 4.77. The average Bonchev–Trinajstić information content (AvgIpc) is 2.47. The molecule has 112 valence electrons.